The molecule has 17 heavy (non-hydrogen) atoms. The number of esters is 1. The fourth-order valence-electron chi connectivity index (χ4n) is 2.11. The first-order valence-electron chi connectivity index (χ1n) is 5.84. The fourth-order valence-corrected chi connectivity index (χ4v) is 2.62. The van der Waals surface area contributed by atoms with E-state index in [0.717, 1.165) is 17.3 Å². The molecule has 2 atom stereocenters. The van der Waals surface area contributed by atoms with E-state index in [1.165, 1.54) is 20.0 Å². The Morgan fingerprint density at radius 2 is 2.18 bits per heavy atom. The van der Waals surface area contributed by atoms with Gasteiger partial charge < -0.3 is 9.47 Å². The lowest BCUT2D eigenvalue weighted by Gasteiger charge is -2.22. The second-order valence-corrected chi connectivity index (χ2v) is 5.21. The quantitative estimate of drug-likeness (QED) is 0.752. The molecular weight excluding hydrogens is 286 g/mol. The smallest absolute Gasteiger partial charge is 0.318 e. The minimum atomic E-state index is -0.405. The Kier molecular flexibility index (Phi) is 4.34. The van der Waals surface area contributed by atoms with Crippen molar-refractivity contribution in [3.63, 3.8) is 0 Å². The normalized spacial score (nSPS) is 29.2. The first-order valence-corrected chi connectivity index (χ1v) is 6.64. The maximum atomic E-state index is 11.3. The van der Waals surface area contributed by atoms with Gasteiger partial charge in [-0.3, -0.25) is 9.79 Å². The number of dihydropyridines is 1. The summed E-state index contributed by atoms with van der Waals surface area (Å²) >= 11 is 3.41. The Morgan fingerprint density at radius 1 is 1.47 bits per heavy atom. The van der Waals surface area contributed by atoms with Gasteiger partial charge in [-0.2, -0.15) is 0 Å². The molecule has 0 aromatic heterocycles. The van der Waals surface area contributed by atoms with Crippen molar-refractivity contribution in [1.82, 2.24) is 0 Å². The van der Waals surface area contributed by atoms with Gasteiger partial charge in [0.15, 0.2) is 6.23 Å². The predicted octanol–water partition coefficient (Wildman–Crippen LogP) is 2.42. The van der Waals surface area contributed by atoms with Crippen molar-refractivity contribution in [2.24, 2.45) is 10.9 Å². The molecule has 4 nitrogen and oxygen atoms in total. The highest BCUT2D eigenvalue weighted by Gasteiger charge is 2.26. The molecule has 0 spiro atoms. The van der Waals surface area contributed by atoms with Crippen molar-refractivity contribution < 1.29 is 14.3 Å². The van der Waals surface area contributed by atoms with Crippen molar-refractivity contribution in [2.75, 3.05) is 7.11 Å². The van der Waals surface area contributed by atoms with Gasteiger partial charge in [-0.1, -0.05) is 34.8 Å². The van der Waals surface area contributed by atoms with Crippen LogP contribution in [0.2, 0.25) is 0 Å². The maximum Gasteiger partial charge on any atom is 0.318 e. The third-order valence-corrected chi connectivity index (χ3v) is 3.71. The lowest BCUT2D eigenvalue weighted by molar-refractivity contribution is -0.141. The second kappa shape index (κ2) is 5.78. The number of ether oxygens (including phenoxy) is 2. The Balaban J connectivity index is 1.94. The molecule has 0 amide bonds. The van der Waals surface area contributed by atoms with Crippen molar-refractivity contribution in [1.29, 1.82) is 0 Å². The summed E-state index contributed by atoms with van der Waals surface area (Å²) in [6.07, 6.45) is 8.06. The fraction of sp³-hybridized carbons (Fsp3) is 0.667. The summed E-state index contributed by atoms with van der Waals surface area (Å²) < 4.78 is 11.3. The summed E-state index contributed by atoms with van der Waals surface area (Å²) in [6.45, 7) is 0. The summed E-state index contributed by atoms with van der Waals surface area (Å²) in [5.41, 5.74) is 0. The van der Waals surface area contributed by atoms with E-state index in [0.29, 0.717) is 6.10 Å². The van der Waals surface area contributed by atoms with Crippen LogP contribution in [-0.4, -0.2) is 31.6 Å². The van der Waals surface area contributed by atoms with E-state index < -0.39 is 5.92 Å². The van der Waals surface area contributed by atoms with Gasteiger partial charge in [-0.05, 0) is 12.8 Å². The molecular formula is C12H16BrNO3. The molecule has 1 saturated carbocycles. The van der Waals surface area contributed by atoms with Crippen LogP contribution in [0.25, 0.3) is 0 Å². The highest BCUT2D eigenvalue weighted by molar-refractivity contribution is 9.11. The highest BCUT2D eigenvalue weighted by atomic mass is 79.9. The van der Waals surface area contributed by atoms with Gasteiger partial charge in [-0.25, -0.2) is 0 Å². The van der Waals surface area contributed by atoms with Crippen LogP contribution in [0.15, 0.2) is 15.6 Å². The van der Waals surface area contributed by atoms with E-state index in [4.69, 9.17) is 4.74 Å². The van der Waals surface area contributed by atoms with Crippen molar-refractivity contribution in [3.05, 3.63) is 10.6 Å². The summed E-state index contributed by atoms with van der Waals surface area (Å²) in [7, 11) is 1.37. The minimum Gasteiger partial charge on any atom is -0.468 e. The number of methoxy groups -OCH3 is 1. The molecule has 0 bridgehead atoms. The van der Waals surface area contributed by atoms with Gasteiger partial charge in [-0.15, -0.1) is 0 Å². The van der Waals surface area contributed by atoms with Crippen LogP contribution in [0.5, 0.6) is 0 Å². The average Bonchev–Trinajstić information content (AvgIpc) is 2.83. The van der Waals surface area contributed by atoms with E-state index in [1.54, 1.807) is 12.3 Å². The van der Waals surface area contributed by atoms with Gasteiger partial charge in [0.05, 0.1) is 13.2 Å². The van der Waals surface area contributed by atoms with E-state index in [9.17, 15) is 4.79 Å². The summed E-state index contributed by atoms with van der Waals surface area (Å²) in [4.78, 5) is 15.6. The lowest BCUT2D eigenvalue weighted by Crippen LogP contribution is -2.25. The predicted molar refractivity (Wildman–Crippen MR) is 68.1 cm³/mol. The number of nitrogens with zero attached hydrogens (tertiary/aromatic N) is 1. The first kappa shape index (κ1) is 12.8. The third-order valence-electron chi connectivity index (χ3n) is 3.05. The standard InChI is InChI=1S/C12H16BrNO3/c1-16-12(15)8-6-10(13)11(14-7-8)17-9-4-2-3-5-9/h6-9,11H,2-5H2,1H3. The minimum absolute atomic E-state index is 0.293. The molecule has 2 unspecified atom stereocenters. The van der Waals surface area contributed by atoms with Gasteiger partial charge in [0, 0.05) is 10.7 Å². The Morgan fingerprint density at radius 3 is 2.76 bits per heavy atom. The summed E-state index contributed by atoms with van der Waals surface area (Å²) in [5, 5.41) is 0. The molecule has 1 aliphatic heterocycles. The van der Waals surface area contributed by atoms with Gasteiger partial charge >= 0.3 is 5.97 Å². The van der Waals surface area contributed by atoms with Crippen LogP contribution in [0.3, 0.4) is 0 Å². The number of carbonyl (C=O) groups is 1. The van der Waals surface area contributed by atoms with Gasteiger partial charge in [0.25, 0.3) is 0 Å². The van der Waals surface area contributed by atoms with Gasteiger partial charge in [0.1, 0.15) is 5.92 Å². The number of rotatable bonds is 3. The summed E-state index contributed by atoms with van der Waals surface area (Å²) in [5.74, 6) is -0.706. The number of hydrogen-bond donors (Lipinski definition) is 0. The average molecular weight is 302 g/mol. The SMILES string of the molecule is COC(=O)C1C=NC(OC2CCCC2)C(Br)=C1. The molecule has 2 aliphatic rings. The van der Waals surface area contributed by atoms with Crippen LogP contribution in [0, 0.1) is 5.92 Å². The molecule has 0 radical (unpaired) electrons. The molecule has 94 valence electrons. The van der Waals surface area contributed by atoms with E-state index in [-0.39, 0.29) is 12.2 Å². The monoisotopic (exact) mass is 301 g/mol. The topological polar surface area (TPSA) is 47.9 Å². The number of aliphatic imine (C=N–C) groups is 1. The molecule has 0 N–H and O–H groups in total. The van der Waals surface area contributed by atoms with Crippen molar-refractivity contribution in [2.45, 2.75) is 38.0 Å². The zero-order valence-electron chi connectivity index (χ0n) is 9.77. The van der Waals surface area contributed by atoms with Crippen LogP contribution >= 0.6 is 15.9 Å². The molecule has 1 heterocycles. The summed E-state index contributed by atoms with van der Waals surface area (Å²) in [6, 6.07) is 0. The first-order chi connectivity index (χ1) is 8.20. The van der Waals surface area contributed by atoms with E-state index in [2.05, 4.69) is 25.7 Å². The zero-order valence-corrected chi connectivity index (χ0v) is 11.4. The Labute approximate surface area is 109 Å². The Hall–Kier alpha value is -0.680. The van der Waals surface area contributed by atoms with Crippen LogP contribution in [0.1, 0.15) is 25.7 Å². The third kappa shape index (κ3) is 3.16. The largest absolute Gasteiger partial charge is 0.468 e. The maximum absolute atomic E-state index is 11.3. The van der Waals surface area contributed by atoms with Gasteiger partial charge in [0.2, 0.25) is 0 Å². The van der Waals surface area contributed by atoms with Crippen molar-refractivity contribution in [3.8, 4) is 0 Å². The Bertz CT molecular complexity index is 348. The van der Waals surface area contributed by atoms with E-state index >= 15 is 0 Å². The molecule has 5 heteroatoms. The molecule has 1 aliphatic carbocycles. The van der Waals surface area contributed by atoms with Crippen LogP contribution in [0.4, 0.5) is 0 Å². The highest BCUT2D eigenvalue weighted by Crippen LogP contribution is 2.28. The molecule has 2 rings (SSSR count). The number of carbonyl (C=O) groups excluding carboxylic acids is 1. The van der Waals surface area contributed by atoms with E-state index in [1.807, 2.05) is 0 Å². The van der Waals surface area contributed by atoms with Crippen LogP contribution in [-0.2, 0) is 14.3 Å². The molecule has 0 aromatic rings. The molecule has 0 saturated heterocycles. The zero-order chi connectivity index (χ0) is 12.3. The number of halogens is 1. The second-order valence-electron chi connectivity index (χ2n) is 4.29. The van der Waals surface area contributed by atoms with Crippen LogP contribution < -0.4 is 0 Å². The molecule has 0 aromatic carbocycles. The molecule has 1 fully saturated rings. The van der Waals surface area contributed by atoms with Crippen molar-refractivity contribution >= 4 is 28.1 Å². The number of hydrogen-bond acceptors (Lipinski definition) is 4. The lowest BCUT2D eigenvalue weighted by atomic mass is 10.1.